The standard InChI is InChI=1S/C12H6ClN3O2S/c13-11-7(4-14)10(15-12(19)16-11)6-1-2-8-9(3-6)18-5-17-8/h1-3H,5H2,(H,15,16,19). The van der Waals surface area contributed by atoms with Gasteiger partial charge in [0, 0.05) is 5.56 Å². The molecule has 1 N–H and O–H groups in total. The van der Waals surface area contributed by atoms with Gasteiger partial charge < -0.3 is 14.5 Å². The number of hydrogen-bond donors (Lipinski definition) is 1. The van der Waals surface area contributed by atoms with Crippen molar-refractivity contribution in [1.29, 1.82) is 5.26 Å². The highest BCUT2D eigenvalue weighted by Gasteiger charge is 2.17. The van der Waals surface area contributed by atoms with Gasteiger partial charge in [-0.05, 0) is 30.4 Å². The highest BCUT2D eigenvalue weighted by atomic mass is 35.5. The van der Waals surface area contributed by atoms with Crippen LogP contribution in [0.4, 0.5) is 0 Å². The summed E-state index contributed by atoms with van der Waals surface area (Å²) in [7, 11) is 0. The SMILES string of the molecule is N#Cc1c(-c2ccc3c(c2)OCO3)nc(=S)[nH]c1Cl. The fourth-order valence-corrected chi connectivity index (χ4v) is 2.27. The number of rotatable bonds is 1. The average molecular weight is 292 g/mol. The maximum atomic E-state index is 9.16. The van der Waals surface area contributed by atoms with Gasteiger partial charge in [0.2, 0.25) is 6.79 Å². The summed E-state index contributed by atoms with van der Waals surface area (Å²) in [5.41, 5.74) is 1.37. The number of nitrogens with zero attached hydrogens (tertiary/aromatic N) is 2. The third-order valence-corrected chi connectivity index (χ3v) is 3.12. The molecule has 0 saturated heterocycles. The molecule has 5 nitrogen and oxygen atoms in total. The molecule has 0 aliphatic carbocycles. The third-order valence-electron chi connectivity index (χ3n) is 2.64. The number of benzene rings is 1. The second-order valence-corrected chi connectivity index (χ2v) is 4.52. The monoisotopic (exact) mass is 291 g/mol. The van der Waals surface area contributed by atoms with Crippen LogP contribution in [0.25, 0.3) is 11.3 Å². The first-order valence-corrected chi connectivity index (χ1v) is 6.07. The Morgan fingerprint density at radius 2 is 2.16 bits per heavy atom. The van der Waals surface area contributed by atoms with E-state index in [0.717, 1.165) is 0 Å². The van der Waals surface area contributed by atoms with E-state index in [4.69, 9.17) is 38.6 Å². The lowest BCUT2D eigenvalue weighted by Crippen LogP contribution is -1.95. The van der Waals surface area contributed by atoms with Gasteiger partial charge in [0.1, 0.15) is 16.8 Å². The molecule has 1 aliphatic heterocycles. The van der Waals surface area contributed by atoms with Gasteiger partial charge in [0.15, 0.2) is 16.3 Å². The van der Waals surface area contributed by atoms with Crippen LogP contribution in [0.1, 0.15) is 5.56 Å². The van der Waals surface area contributed by atoms with E-state index < -0.39 is 0 Å². The molecule has 19 heavy (non-hydrogen) atoms. The molecule has 0 bridgehead atoms. The molecular weight excluding hydrogens is 286 g/mol. The van der Waals surface area contributed by atoms with Crippen LogP contribution in [0.15, 0.2) is 18.2 Å². The van der Waals surface area contributed by atoms with Gasteiger partial charge >= 0.3 is 0 Å². The molecule has 2 heterocycles. The van der Waals surface area contributed by atoms with E-state index in [1.165, 1.54) is 0 Å². The first kappa shape index (κ1) is 12.0. The number of halogens is 1. The minimum Gasteiger partial charge on any atom is -0.454 e. The number of H-pyrrole nitrogens is 1. The van der Waals surface area contributed by atoms with Crippen molar-refractivity contribution in [2.24, 2.45) is 0 Å². The molecule has 1 aromatic heterocycles. The molecule has 2 aromatic rings. The molecule has 94 valence electrons. The number of aromatic amines is 1. The summed E-state index contributed by atoms with van der Waals surface area (Å²) < 4.78 is 10.7. The van der Waals surface area contributed by atoms with Crippen molar-refractivity contribution in [3.8, 4) is 28.8 Å². The largest absolute Gasteiger partial charge is 0.454 e. The molecule has 0 radical (unpaired) electrons. The number of nitrogens with one attached hydrogen (secondary N) is 1. The second-order valence-electron chi connectivity index (χ2n) is 3.76. The van der Waals surface area contributed by atoms with Crippen LogP contribution < -0.4 is 9.47 Å². The molecular formula is C12H6ClN3O2S. The normalized spacial score (nSPS) is 12.2. The Morgan fingerprint density at radius 3 is 2.95 bits per heavy atom. The summed E-state index contributed by atoms with van der Waals surface area (Å²) in [6.07, 6.45) is 0. The topological polar surface area (TPSA) is 70.9 Å². The summed E-state index contributed by atoms with van der Waals surface area (Å²) in [5, 5.41) is 9.34. The van der Waals surface area contributed by atoms with E-state index in [1.54, 1.807) is 18.2 Å². The number of aromatic nitrogens is 2. The van der Waals surface area contributed by atoms with E-state index >= 15 is 0 Å². The van der Waals surface area contributed by atoms with E-state index in [-0.39, 0.29) is 22.3 Å². The lowest BCUT2D eigenvalue weighted by molar-refractivity contribution is 0.174. The quantitative estimate of drug-likeness (QED) is 0.646. The van der Waals surface area contributed by atoms with Crippen molar-refractivity contribution in [2.45, 2.75) is 0 Å². The maximum absolute atomic E-state index is 9.16. The van der Waals surface area contributed by atoms with E-state index in [9.17, 15) is 0 Å². The summed E-state index contributed by atoms with van der Waals surface area (Å²) in [5.74, 6) is 1.27. The van der Waals surface area contributed by atoms with Crippen molar-refractivity contribution >= 4 is 23.8 Å². The van der Waals surface area contributed by atoms with Gasteiger partial charge in [0.25, 0.3) is 0 Å². The number of nitriles is 1. The van der Waals surface area contributed by atoms with Crippen molar-refractivity contribution < 1.29 is 9.47 Å². The van der Waals surface area contributed by atoms with E-state index in [2.05, 4.69) is 9.97 Å². The van der Waals surface area contributed by atoms with Gasteiger partial charge in [-0.3, -0.25) is 0 Å². The van der Waals surface area contributed by atoms with E-state index in [1.807, 2.05) is 6.07 Å². The third kappa shape index (κ3) is 2.03. The van der Waals surface area contributed by atoms with Gasteiger partial charge in [-0.1, -0.05) is 11.6 Å². The Labute approximate surface area is 118 Å². The minimum absolute atomic E-state index is 0.176. The Kier molecular flexibility index (Phi) is 2.85. The Morgan fingerprint density at radius 1 is 1.37 bits per heavy atom. The van der Waals surface area contributed by atoms with Gasteiger partial charge in [-0.15, -0.1) is 0 Å². The zero-order valence-corrected chi connectivity index (χ0v) is 11.0. The highest BCUT2D eigenvalue weighted by Crippen LogP contribution is 2.36. The molecule has 3 rings (SSSR count). The van der Waals surface area contributed by atoms with Gasteiger partial charge in [0.05, 0.1) is 5.69 Å². The number of hydrogen-bond acceptors (Lipinski definition) is 5. The molecule has 7 heteroatoms. The maximum Gasteiger partial charge on any atom is 0.231 e. The molecule has 1 aromatic carbocycles. The van der Waals surface area contributed by atoms with Crippen molar-refractivity contribution in [3.05, 3.63) is 33.7 Å². The fraction of sp³-hybridized carbons (Fsp3) is 0.0833. The van der Waals surface area contributed by atoms with Crippen molar-refractivity contribution in [3.63, 3.8) is 0 Å². The lowest BCUT2D eigenvalue weighted by atomic mass is 10.1. The van der Waals surface area contributed by atoms with Gasteiger partial charge in [-0.25, -0.2) is 4.98 Å². The predicted molar refractivity (Wildman–Crippen MR) is 70.7 cm³/mol. The average Bonchev–Trinajstić information content (AvgIpc) is 2.85. The van der Waals surface area contributed by atoms with Crippen molar-refractivity contribution in [1.82, 2.24) is 9.97 Å². The molecule has 0 fully saturated rings. The molecule has 0 atom stereocenters. The summed E-state index contributed by atoms with van der Waals surface area (Å²) in [6, 6.07) is 7.30. The molecule has 0 unspecified atom stereocenters. The highest BCUT2D eigenvalue weighted by molar-refractivity contribution is 7.71. The first-order valence-electron chi connectivity index (χ1n) is 5.29. The van der Waals surface area contributed by atoms with Crippen LogP contribution in [0.5, 0.6) is 11.5 Å². The van der Waals surface area contributed by atoms with Crippen LogP contribution in [-0.2, 0) is 0 Å². The summed E-state index contributed by atoms with van der Waals surface area (Å²) in [4.78, 5) is 6.80. The Bertz CT molecular complexity index is 767. The summed E-state index contributed by atoms with van der Waals surface area (Å²) >= 11 is 10.9. The summed E-state index contributed by atoms with van der Waals surface area (Å²) in [6.45, 7) is 0.187. The molecule has 1 aliphatic rings. The zero-order valence-electron chi connectivity index (χ0n) is 9.44. The van der Waals surface area contributed by atoms with E-state index in [0.29, 0.717) is 22.8 Å². The smallest absolute Gasteiger partial charge is 0.231 e. The minimum atomic E-state index is 0.176. The predicted octanol–water partition coefficient (Wildman–Crippen LogP) is 3.06. The first-order chi connectivity index (χ1) is 9.19. The fourth-order valence-electron chi connectivity index (χ4n) is 1.80. The molecule has 0 spiro atoms. The molecule has 0 amide bonds. The van der Waals surface area contributed by atoms with Crippen LogP contribution in [0.3, 0.4) is 0 Å². The lowest BCUT2D eigenvalue weighted by Gasteiger charge is -2.05. The zero-order chi connectivity index (χ0) is 13.4. The van der Waals surface area contributed by atoms with Crippen LogP contribution in [0, 0.1) is 16.1 Å². The van der Waals surface area contributed by atoms with Crippen molar-refractivity contribution in [2.75, 3.05) is 6.79 Å². The Balaban J connectivity index is 2.23. The van der Waals surface area contributed by atoms with Crippen LogP contribution >= 0.6 is 23.8 Å². The number of fused-ring (bicyclic) bond motifs is 1. The Hall–Kier alpha value is -2.10. The van der Waals surface area contributed by atoms with Crippen LogP contribution in [-0.4, -0.2) is 16.8 Å². The second kappa shape index (κ2) is 4.53. The number of ether oxygens (including phenoxy) is 2. The molecule has 0 saturated carbocycles. The van der Waals surface area contributed by atoms with Crippen LogP contribution in [0.2, 0.25) is 5.15 Å². The van der Waals surface area contributed by atoms with Gasteiger partial charge in [-0.2, -0.15) is 5.26 Å².